The number of carboxylic acids is 1. The Morgan fingerprint density at radius 3 is 3.06 bits per heavy atom. The Hall–Kier alpha value is -1.53. The molecule has 3 aromatic rings. The molecule has 5 nitrogen and oxygen atoms in total. The van der Waals surface area contributed by atoms with Crippen LogP contribution in [0.15, 0.2) is 22.8 Å². The average Bonchev–Trinajstić information content (AvgIpc) is 2.76. The van der Waals surface area contributed by atoms with Crippen molar-refractivity contribution >= 4 is 50.3 Å². The Labute approximate surface area is 115 Å². The van der Waals surface area contributed by atoms with E-state index in [9.17, 15) is 4.79 Å². The third-order valence-electron chi connectivity index (χ3n) is 2.65. The highest BCUT2D eigenvalue weighted by atomic mass is 79.9. The van der Waals surface area contributed by atoms with Gasteiger partial charge in [0.1, 0.15) is 4.60 Å². The number of benzene rings is 1. The van der Waals surface area contributed by atoms with Gasteiger partial charge in [-0.2, -0.15) is 0 Å². The van der Waals surface area contributed by atoms with Crippen molar-refractivity contribution in [2.75, 3.05) is 0 Å². The molecular formula is C11H7BrClN3O2. The topological polar surface area (TPSA) is 70.4 Å². The van der Waals surface area contributed by atoms with Gasteiger partial charge in [0, 0.05) is 5.02 Å². The molecule has 0 spiro atoms. The number of fused-ring (bicyclic) bond motifs is 3. The highest BCUT2D eigenvalue weighted by Gasteiger charge is 2.15. The van der Waals surface area contributed by atoms with E-state index >= 15 is 0 Å². The predicted molar refractivity (Wildman–Crippen MR) is 71.1 cm³/mol. The predicted octanol–water partition coefficient (Wildman–Crippen LogP) is 2.86. The van der Waals surface area contributed by atoms with E-state index in [1.54, 1.807) is 12.1 Å². The summed E-state index contributed by atoms with van der Waals surface area (Å²) in [5.41, 5.74) is 2.22. The fraction of sp³-hybridized carbons (Fsp3) is 0.0909. The monoisotopic (exact) mass is 327 g/mol. The quantitative estimate of drug-likeness (QED) is 0.760. The lowest BCUT2D eigenvalue weighted by atomic mass is 10.3. The Morgan fingerprint density at radius 2 is 2.33 bits per heavy atom. The van der Waals surface area contributed by atoms with Gasteiger partial charge in [0.15, 0.2) is 0 Å². The molecule has 92 valence electrons. The molecule has 0 radical (unpaired) electrons. The molecule has 2 N–H and O–H groups in total. The van der Waals surface area contributed by atoms with Crippen LogP contribution >= 0.6 is 27.5 Å². The molecule has 1 aromatic carbocycles. The maximum absolute atomic E-state index is 10.7. The van der Waals surface area contributed by atoms with Crippen molar-refractivity contribution in [2.24, 2.45) is 0 Å². The second-order valence-corrected chi connectivity index (χ2v) is 5.06. The molecule has 0 saturated heterocycles. The van der Waals surface area contributed by atoms with E-state index in [1.807, 2.05) is 10.5 Å². The minimum Gasteiger partial charge on any atom is -0.481 e. The van der Waals surface area contributed by atoms with E-state index < -0.39 is 5.97 Å². The fourth-order valence-electron chi connectivity index (χ4n) is 1.93. The molecule has 0 aliphatic rings. The summed E-state index contributed by atoms with van der Waals surface area (Å²) in [7, 11) is 0. The van der Waals surface area contributed by atoms with Crippen LogP contribution in [0, 0.1) is 0 Å². The molecule has 18 heavy (non-hydrogen) atoms. The van der Waals surface area contributed by atoms with Gasteiger partial charge in [-0.3, -0.25) is 9.20 Å². The first kappa shape index (κ1) is 11.6. The minimum atomic E-state index is -0.896. The van der Waals surface area contributed by atoms with Gasteiger partial charge in [-0.05, 0) is 34.1 Å². The molecule has 0 amide bonds. The third-order valence-corrected chi connectivity index (χ3v) is 3.72. The van der Waals surface area contributed by atoms with Crippen LogP contribution in [0.2, 0.25) is 5.02 Å². The summed E-state index contributed by atoms with van der Waals surface area (Å²) in [5, 5.41) is 9.43. The molecule has 0 bridgehead atoms. The highest BCUT2D eigenvalue weighted by molar-refractivity contribution is 9.10. The second-order valence-electron chi connectivity index (χ2n) is 3.87. The number of hydrogen-bond donors (Lipinski definition) is 2. The molecule has 2 heterocycles. The standard InChI is InChI=1S/C11H7BrClN3O2/c12-10-7(4-9(17)18)15-11-14-6-3-5(13)1-2-8(6)16(10)11/h1-3H,4H2,(H,14,15)(H,17,18). The van der Waals surface area contributed by atoms with E-state index in [1.165, 1.54) is 0 Å². The van der Waals surface area contributed by atoms with E-state index in [0.29, 0.717) is 21.1 Å². The largest absolute Gasteiger partial charge is 0.481 e. The van der Waals surface area contributed by atoms with Crippen molar-refractivity contribution in [1.29, 1.82) is 0 Å². The number of nitrogens with zero attached hydrogens (tertiary/aromatic N) is 2. The molecule has 2 aromatic heterocycles. The lowest BCUT2D eigenvalue weighted by Gasteiger charge is -1.96. The van der Waals surface area contributed by atoms with Gasteiger partial charge in [0.2, 0.25) is 5.78 Å². The van der Waals surface area contributed by atoms with Crippen LogP contribution in [0.4, 0.5) is 0 Å². The molecule has 0 fully saturated rings. The van der Waals surface area contributed by atoms with Crippen LogP contribution in [-0.2, 0) is 11.2 Å². The number of nitrogens with one attached hydrogen (secondary N) is 1. The van der Waals surface area contributed by atoms with Gasteiger partial charge in [0.25, 0.3) is 0 Å². The lowest BCUT2D eigenvalue weighted by molar-refractivity contribution is -0.136. The van der Waals surface area contributed by atoms with Gasteiger partial charge in [-0.25, -0.2) is 4.98 Å². The minimum absolute atomic E-state index is 0.0843. The Balaban J connectivity index is 2.29. The Kier molecular flexibility index (Phi) is 2.57. The van der Waals surface area contributed by atoms with Gasteiger partial charge in [0.05, 0.1) is 23.1 Å². The zero-order valence-electron chi connectivity index (χ0n) is 8.94. The van der Waals surface area contributed by atoms with Crippen LogP contribution < -0.4 is 0 Å². The number of rotatable bonds is 2. The van der Waals surface area contributed by atoms with Crippen LogP contribution in [0.3, 0.4) is 0 Å². The van der Waals surface area contributed by atoms with Crippen LogP contribution in [0.5, 0.6) is 0 Å². The van der Waals surface area contributed by atoms with Crippen molar-refractivity contribution in [1.82, 2.24) is 14.4 Å². The van der Waals surface area contributed by atoms with Crippen molar-refractivity contribution in [3.05, 3.63) is 33.5 Å². The number of carboxylic acid groups (broad SMARTS) is 1. The van der Waals surface area contributed by atoms with Crippen LogP contribution in [0.25, 0.3) is 16.8 Å². The van der Waals surface area contributed by atoms with E-state index in [4.69, 9.17) is 16.7 Å². The summed E-state index contributed by atoms with van der Waals surface area (Å²) >= 11 is 9.30. The molecule has 7 heteroatoms. The van der Waals surface area contributed by atoms with Gasteiger partial charge < -0.3 is 10.1 Å². The summed E-state index contributed by atoms with van der Waals surface area (Å²) < 4.78 is 2.49. The number of H-pyrrole nitrogens is 1. The molecular weight excluding hydrogens is 321 g/mol. The van der Waals surface area contributed by atoms with Crippen molar-refractivity contribution in [3.8, 4) is 0 Å². The number of halogens is 2. The highest BCUT2D eigenvalue weighted by Crippen LogP contribution is 2.26. The molecule has 0 aliphatic heterocycles. The van der Waals surface area contributed by atoms with Crippen molar-refractivity contribution < 1.29 is 9.90 Å². The molecule has 3 rings (SSSR count). The van der Waals surface area contributed by atoms with Crippen LogP contribution in [0.1, 0.15) is 5.69 Å². The number of hydrogen-bond acceptors (Lipinski definition) is 2. The first-order chi connectivity index (χ1) is 8.56. The van der Waals surface area contributed by atoms with Gasteiger partial charge in [-0.15, -0.1) is 0 Å². The van der Waals surface area contributed by atoms with Gasteiger partial charge in [-0.1, -0.05) is 11.6 Å². The molecule has 0 unspecified atom stereocenters. The average molecular weight is 329 g/mol. The van der Waals surface area contributed by atoms with E-state index in [-0.39, 0.29) is 6.42 Å². The van der Waals surface area contributed by atoms with E-state index in [2.05, 4.69) is 25.9 Å². The number of aliphatic carboxylic acids is 1. The Morgan fingerprint density at radius 1 is 1.56 bits per heavy atom. The Bertz CT molecular complexity index is 777. The van der Waals surface area contributed by atoms with Crippen LogP contribution in [-0.4, -0.2) is 25.4 Å². The normalized spacial score (nSPS) is 11.4. The van der Waals surface area contributed by atoms with Crippen molar-refractivity contribution in [3.63, 3.8) is 0 Å². The lowest BCUT2D eigenvalue weighted by Crippen LogP contribution is -2.01. The third kappa shape index (κ3) is 1.69. The first-order valence-corrected chi connectivity index (χ1v) is 6.29. The fourth-order valence-corrected chi connectivity index (χ4v) is 2.69. The summed E-state index contributed by atoms with van der Waals surface area (Å²) in [6.45, 7) is 0. The number of aromatic amines is 1. The zero-order chi connectivity index (χ0) is 12.9. The van der Waals surface area contributed by atoms with Gasteiger partial charge >= 0.3 is 5.97 Å². The summed E-state index contributed by atoms with van der Waals surface area (Å²) in [6.07, 6.45) is -0.0843. The molecule has 0 saturated carbocycles. The SMILES string of the molecule is O=C(O)Cc1[nH]c2nc3cc(Cl)ccc3n2c1Br. The maximum Gasteiger partial charge on any atom is 0.309 e. The summed E-state index contributed by atoms with van der Waals surface area (Å²) in [6, 6.07) is 5.39. The molecule has 0 aliphatic carbocycles. The maximum atomic E-state index is 10.7. The smallest absolute Gasteiger partial charge is 0.309 e. The number of carbonyl (C=O) groups is 1. The number of aromatic nitrogens is 3. The first-order valence-electron chi connectivity index (χ1n) is 5.12. The second kappa shape index (κ2) is 4.00. The summed E-state index contributed by atoms with van der Waals surface area (Å²) in [4.78, 5) is 18.1. The van der Waals surface area contributed by atoms with Crippen molar-refractivity contribution in [2.45, 2.75) is 6.42 Å². The van der Waals surface area contributed by atoms with E-state index in [0.717, 1.165) is 11.0 Å². The molecule has 0 atom stereocenters. The number of imidazole rings is 2. The zero-order valence-corrected chi connectivity index (χ0v) is 11.3. The summed E-state index contributed by atoms with van der Waals surface area (Å²) in [5.74, 6) is -0.303.